The summed E-state index contributed by atoms with van der Waals surface area (Å²) in [5, 5.41) is 2.60. The van der Waals surface area contributed by atoms with E-state index in [-0.39, 0.29) is 5.91 Å². The summed E-state index contributed by atoms with van der Waals surface area (Å²) in [6.45, 7) is 0. The summed E-state index contributed by atoms with van der Waals surface area (Å²) < 4.78 is 0. The zero-order chi connectivity index (χ0) is 19.3. The van der Waals surface area contributed by atoms with Gasteiger partial charge in [0.05, 0.1) is 21.9 Å². The predicted molar refractivity (Wildman–Crippen MR) is 117 cm³/mol. The molecule has 1 amide bonds. The minimum atomic E-state index is -0.0238. The van der Waals surface area contributed by atoms with Crippen molar-refractivity contribution in [1.82, 2.24) is 9.88 Å². The minimum absolute atomic E-state index is 0.0238. The second-order valence-corrected chi connectivity index (χ2v) is 8.48. The Labute approximate surface area is 171 Å². The molecule has 7 heteroatoms. The third kappa shape index (κ3) is 2.70. The van der Waals surface area contributed by atoms with E-state index in [1.807, 2.05) is 49.5 Å². The Balaban J connectivity index is 1.56. The standard InChI is InChI=1S/C21H16N4OS2/c1-24-16-10-3-4-11-17(16)27-20(24)18-19(26)25(2)21(28-18)23-15-9-5-8-14-13(15)7-6-12-22-14/h3-12H,1-2H3/b20-18+,23-21?. The van der Waals surface area contributed by atoms with Gasteiger partial charge in [-0.2, -0.15) is 0 Å². The number of amides is 1. The van der Waals surface area contributed by atoms with Crippen LogP contribution in [0.5, 0.6) is 0 Å². The third-order valence-electron chi connectivity index (χ3n) is 4.75. The van der Waals surface area contributed by atoms with Crippen LogP contribution in [0, 0.1) is 0 Å². The van der Waals surface area contributed by atoms with Crippen LogP contribution in [-0.4, -0.2) is 35.1 Å². The molecule has 2 aromatic carbocycles. The number of carbonyl (C=O) groups excluding carboxylic acids is 1. The van der Waals surface area contributed by atoms with Gasteiger partial charge >= 0.3 is 0 Å². The molecule has 1 aromatic heterocycles. The number of para-hydroxylation sites is 1. The Kier molecular flexibility index (Phi) is 4.14. The number of fused-ring (bicyclic) bond motifs is 2. The summed E-state index contributed by atoms with van der Waals surface area (Å²) in [5.41, 5.74) is 2.83. The molecule has 138 valence electrons. The van der Waals surface area contributed by atoms with Gasteiger partial charge in [-0.25, -0.2) is 4.99 Å². The Bertz CT molecular complexity index is 1180. The molecule has 5 rings (SSSR count). The number of anilines is 1. The SMILES string of the molecule is CN1C(=O)/C(=C2\Sc3ccccc3N2C)SC1=Nc1cccc2ncccc12. The Morgan fingerprint density at radius 1 is 0.929 bits per heavy atom. The molecule has 0 aliphatic carbocycles. The van der Waals surface area contributed by atoms with E-state index in [0.29, 0.717) is 10.1 Å². The molecule has 0 N–H and O–H groups in total. The third-order valence-corrected chi connectivity index (χ3v) is 7.24. The van der Waals surface area contributed by atoms with Gasteiger partial charge in [0, 0.05) is 30.6 Å². The molecule has 0 unspecified atom stereocenters. The van der Waals surface area contributed by atoms with E-state index >= 15 is 0 Å². The highest BCUT2D eigenvalue weighted by molar-refractivity contribution is 8.19. The number of aromatic nitrogens is 1. The normalized spacial score (nSPS) is 20.5. The largest absolute Gasteiger partial charge is 0.337 e. The van der Waals surface area contributed by atoms with Crippen molar-refractivity contribution in [3.63, 3.8) is 0 Å². The first-order valence-electron chi connectivity index (χ1n) is 8.77. The van der Waals surface area contributed by atoms with Crippen LogP contribution >= 0.6 is 23.5 Å². The Morgan fingerprint density at radius 2 is 1.79 bits per heavy atom. The molecule has 3 heterocycles. The van der Waals surface area contributed by atoms with Gasteiger partial charge in [-0.05, 0) is 48.2 Å². The number of hydrogen-bond acceptors (Lipinski definition) is 6. The van der Waals surface area contributed by atoms with Gasteiger partial charge in [0.1, 0.15) is 4.91 Å². The van der Waals surface area contributed by atoms with E-state index in [1.165, 1.54) is 11.8 Å². The fourth-order valence-corrected chi connectivity index (χ4v) is 5.59. The lowest BCUT2D eigenvalue weighted by molar-refractivity contribution is -0.121. The lowest BCUT2D eigenvalue weighted by Crippen LogP contribution is -2.24. The second kappa shape index (κ2) is 6.68. The molecule has 0 atom stereocenters. The molecule has 2 aliphatic rings. The average molecular weight is 405 g/mol. The number of rotatable bonds is 1. The molecule has 0 radical (unpaired) electrons. The Morgan fingerprint density at radius 3 is 2.64 bits per heavy atom. The molecule has 2 aliphatic heterocycles. The number of benzene rings is 2. The van der Waals surface area contributed by atoms with E-state index < -0.39 is 0 Å². The lowest BCUT2D eigenvalue weighted by atomic mass is 10.2. The minimum Gasteiger partial charge on any atom is -0.337 e. The van der Waals surface area contributed by atoms with Crippen molar-refractivity contribution >= 4 is 56.9 Å². The summed E-state index contributed by atoms with van der Waals surface area (Å²) in [4.78, 5) is 27.7. The van der Waals surface area contributed by atoms with Crippen LogP contribution in [0.3, 0.4) is 0 Å². The number of hydrogen-bond donors (Lipinski definition) is 0. The smallest absolute Gasteiger partial charge is 0.269 e. The van der Waals surface area contributed by atoms with Crippen LogP contribution in [0.1, 0.15) is 0 Å². The maximum absolute atomic E-state index is 13.0. The first kappa shape index (κ1) is 17.3. The number of likely N-dealkylation sites (N-methyl/N-ethyl adjacent to an activating group) is 1. The predicted octanol–water partition coefficient (Wildman–Crippen LogP) is 4.84. The number of pyridine rings is 1. The van der Waals surface area contributed by atoms with Crippen LogP contribution in [-0.2, 0) is 4.79 Å². The van der Waals surface area contributed by atoms with Crippen LogP contribution in [0.4, 0.5) is 11.4 Å². The van der Waals surface area contributed by atoms with Crippen LogP contribution in [0.15, 0.2) is 80.6 Å². The molecule has 0 bridgehead atoms. The van der Waals surface area contributed by atoms with Crippen molar-refractivity contribution < 1.29 is 4.79 Å². The maximum atomic E-state index is 13.0. The van der Waals surface area contributed by atoms with E-state index in [4.69, 9.17) is 4.99 Å². The summed E-state index contributed by atoms with van der Waals surface area (Å²) >= 11 is 3.06. The summed E-state index contributed by atoms with van der Waals surface area (Å²) in [6.07, 6.45) is 1.77. The molecular weight excluding hydrogens is 388 g/mol. The fourth-order valence-electron chi connectivity index (χ4n) is 3.26. The lowest BCUT2D eigenvalue weighted by Gasteiger charge is -2.14. The maximum Gasteiger partial charge on any atom is 0.269 e. The van der Waals surface area contributed by atoms with Crippen molar-refractivity contribution in [2.75, 3.05) is 19.0 Å². The van der Waals surface area contributed by atoms with Crippen molar-refractivity contribution in [2.24, 2.45) is 4.99 Å². The quantitative estimate of drug-likeness (QED) is 0.543. The van der Waals surface area contributed by atoms with Gasteiger partial charge in [-0.15, -0.1) is 0 Å². The van der Waals surface area contributed by atoms with Crippen molar-refractivity contribution in [3.05, 3.63) is 70.7 Å². The van der Waals surface area contributed by atoms with Gasteiger partial charge in [-0.1, -0.05) is 30.0 Å². The van der Waals surface area contributed by atoms with Crippen LogP contribution in [0.2, 0.25) is 0 Å². The first-order valence-corrected chi connectivity index (χ1v) is 10.4. The highest BCUT2D eigenvalue weighted by Crippen LogP contribution is 2.49. The number of nitrogens with zero attached hydrogens (tertiary/aromatic N) is 4. The van der Waals surface area contributed by atoms with Gasteiger partial charge in [0.25, 0.3) is 5.91 Å². The van der Waals surface area contributed by atoms with Crippen molar-refractivity contribution in [3.8, 4) is 0 Å². The average Bonchev–Trinajstić information content (AvgIpc) is 3.20. The molecule has 1 fully saturated rings. The van der Waals surface area contributed by atoms with Gasteiger partial charge in [0.15, 0.2) is 5.17 Å². The molecule has 0 spiro atoms. The van der Waals surface area contributed by atoms with E-state index in [1.54, 1.807) is 29.9 Å². The van der Waals surface area contributed by atoms with Crippen LogP contribution in [0.25, 0.3) is 10.9 Å². The number of aliphatic imine (C=N–C) groups is 1. The number of carbonyl (C=O) groups is 1. The van der Waals surface area contributed by atoms with Crippen molar-refractivity contribution in [1.29, 1.82) is 0 Å². The van der Waals surface area contributed by atoms with Gasteiger partial charge in [0.2, 0.25) is 0 Å². The summed E-state index contributed by atoms with van der Waals surface area (Å²) in [7, 11) is 3.78. The number of thioether (sulfide) groups is 2. The zero-order valence-corrected chi connectivity index (χ0v) is 16.9. The van der Waals surface area contributed by atoms with Gasteiger partial charge in [-0.3, -0.25) is 14.7 Å². The Hall–Kier alpha value is -2.77. The molecule has 0 saturated carbocycles. The summed E-state index contributed by atoms with van der Waals surface area (Å²) in [5.74, 6) is -0.0238. The fraction of sp³-hybridized carbons (Fsp3) is 0.0952. The topological polar surface area (TPSA) is 48.8 Å². The van der Waals surface area contributed by atoms with E-state index in [9.17, 15) is 4.79 Å². The highest BCUT2D eigenvalue weighted by atomic mass is 32.2. The van der Waals surface area contributed by atoms with Crippen molar-refractivity contribution in [2.45, 2.75) is 4.90 Å². The first-order chi connectivity index (χ1) is 13.6. The molecule has 5 nitrogen and oxygen atoms in total. The number of amidine groups is 1. The monoisotopic (exact) mass is 404 g/mol. The van der Waals surface area contributed by atoms with E-state index in [2.05, 4.69) is 22.0 Å². The van der Waals surface area contributed by atoms with Gasteiger partial charge < -0.3 is 4.90 Å². The summed E-state index contributed by atoms with van der Waals surface area (Å²) in [6, 6.07) is 17.9. The van der Waals surface area contributed by atoms with E-state index in [0.717, 1.165) is 32.2 Å². The molecule has 28 heavy (non-hydrogen) atoms. The second-order valence-electron chi connectivity index (χ2n) is 6.47. The van der Waals surface area contributed by atoms with Crippen LogP contribution < -0.4 is 4.90 Å². The highest BCUT2D eigenvalue weighted by Gasteiger charge is 2.37. The molecule has 1 saturated heterocycles. The zero-order valence-electron chi connectivity index (χ0n) is 15.3. The molecular formula is C21H16N4OS2. The molecule has 3 aromatic rings.